The fourth-order valence-corrected chi connectivity index (χ4v) is 3.51. The van der Waals surface area contributed by atoms with Crippen LogP contribution < -0.4 is 0 Å². The van der Waals surface area contributed by atoms with E-state index in [0.717, 1.165) is 0 Å². The summed E-state index contributed by atoms with van der Waals surface area (Å²) in [5, 5.41) is 0. The Morgan fingerprint density at radius 1 is 0.543 bits per heavy atom. The molecule has 0 radical (unpaired) electrons. The Morgan fingerprint density at radius 2 is 0.935 bits per heavy atom. The molecule has 0 aliphatic carbocycles. The van der Waals surface area contributed by atoms with E-state index >= 15 is 0 Å². The third-order valence-electron chi connectivity index (χ3n) is 6.36. The average molecular weight is 733 g/mol. The third-order valence-corrected chi connectivity index (χ3v) is 6.36. The van der Waals surface area contributed by atoms with Crippen molar-refractivity contribution >= 4 is 5.97 Å². The number of ether oxygens (including phenoxy) is 2. The number of carbonyl (C=O) groups is 1. The Bertz CT molecular complexity index is 1040. The number of hydrogen-bond donors (Lipinski definition) is 0. The standard InChI is InChI=1S/C21H20F21NO3/c22-12(23,2-6-46-11(44)1-3-43-4-7-45-8-5-43)13(24,25)9-14(26,27)17(32,33)20(38,39)18(34,35)15(28,29)10-16(30,31)19(36,37)21(40,41)42/h1-10H2. The molecule has 0 aromatic rings. The van der Waals surface area contributed by atoms with E-state index in [-0.39, 0.29) is 19.8 Å². The van der Waals surface area contributed by atoms with Crippen LogP contribution in [0.4, 0.5) is 92.2 Å². The van der Waals surface area contributed by atoms with Crippen LogP contribution in [-0.4, -0.2) is 110 Å². The van der Waals surface area contributed by atoms with Crippen LogP contribution in [-0.2, 0) is 14.3 Å². The lowest BCUT2D eigenvalue weighted by atomic mass is 9.87. The van der Waals surface area contributed by atoms with E-state index in [9.17, 15) is 97.0 Å². The Kier molecular flexibility index (Phi) is 11.9. The fourth-order valence-electron chi connectivity index (χ4n) is 3.51. The molecule has 0 N–H and O–H groups in total. The number of carbonyl (C=O) groups excluding carboxylic acids is 1. The summed E-state index contributed by atoms with van der Waals surface area (Å²) < 4.78 is 291. The predicted molar refractivity (Wildman–Crippen MR) is 107 cm³/mol. The van der Waals surface area contributed by atoms with Crippen molar-refractivity contribution in [1.82, 2.24) is 4.90 Å². The van der Waals surface area contributed by atoms with Gasteiger partial charge < -0.3 is 9.47 Å². The molecule has 0 aromatic carbocycles. The molecule has 1 aliphatic rings. The summed E-state index contributed by atoms with van der Waals surface area (Å²) in [6, 6.07) is 0. The quantitative estimate of drug-likeness (QED) is 0.121. The van der Waals surface area contributed by atoms with Crippen molar-refractivity contribution in [3.8, 4) is 0 Å². The molecule has 1 saturated heterocycles. The first kappa shape index (κ1) is 41.9. The zero-order valence-electron chi connectivity index (χ0n) is 22.2. The smallest absolute Gasteiger partial charge is 0.459 e. The summed E-state index contributed by atoms with van der Waals surface area (Å²) >= 11 is 0. The molecule has 0 amide bonds. The van der Waals surface area contributed by atoms with Gasteiger partial charge in [-0.1, -0.05) is 0 Å². The molecule has 0 aromatic heterocycles. The van der Waals surface area contributed by atoms with Crippen molar-refractivity contribution in [3.05, 3.63) is 0 Å². The largest absolute Gasteiger partial charge is 0.465 e. The van der Waals surface area contributed by atoms with E-state index in [2.05, 4.69) is 4.74 Å². The number of nitrogens with zero attached hydrogens (tertiary/aromatic N) is 1. The van der Waals surface area contributed by atoms with Crippen LogP contribution in [0, 0.1) is 0 Å². The lowest BCUT2D eigenvalue weighted by molar-refractivity contribution is -0.420. The minimum atomic E-state index is -8.57. The second-order valence-corrected chi connectivity index (χ2v) is 9.85. The minimum absolute atomic E-state index is 0.0731. The summed E-state index contributed by atoms with van der Waals surface area (Å²) in [5.74, 6) is -70.0. The summed E-state index contributed by atoms with van der Waals surface area (Å²) in [6.07, 6.45) is -20.2. The van der Waals surface area contributed by atoms with Gasteiger partial charge in [-0.05, 0) is 0 Å². The number of halogens is 21. The molecule has 0 unspecified atom stereocenters. The van der Waals surface area contributed by atoms with Gasteiger partial charge in [0.1, 0.15) is 0 Å². The van der Waals surface area contributed by atoms with E-state index in [1.807, 2.05) is 0 Å². The van der Waals surface area contributed by atoms with E-state index in [1.54, 1.807) is 4.90 Å². The number of esters is 1. The van der Waals surface area contributed by atoms with Crippen molar-refractivity contribution in [1.29, 1.82) is 0 Å². The molecule has 1 aliphatic heterocycles. The Morgan fingerprint density at radius 3 is 1.35 bits per heavy atom. The first-order valence-electron chi connectivity index (χ1n) is 12.1. The van der Waals surface area contributed by atoms with Crippen LogP contribution in [0.15, 0.2) is 0 Å². The van der Waals surface area contributed by atoms with Gasteiger partial charge >= 0.3 is 65.4 Å². The molecule has 25 heteroatoms. The number of alkyl halides is 21. The molecule has 0 atom stereocenters. The molecule has 1 fully saturated rings. The van der Waals surface area contributed by atoms with Gasteiger partial charge in [-0.2, -0.15) is 92.2 Å². The molecule has 1 heterocycles. The van der Waals surface area contributed by atoms with E-state index in [4.69, 9.17) is 4.74 Å². The topological polar surface area (TPSA) is 38.8 Å². The lowest BCUT2D eigenvalue weighted by Crippen LogP contribution is -2.69. The monoisotopic (exact) mass is 733 g/mol. The number of rotatable bonds is 16. The molecular weight excluding hydrogens is 713 g/mol. The lowest BCUT2D eigenvalue weighted by Gasteiger charge is -2.41. The summed E-state index contributed by atoms with van der Waals surface area (Å²) in [5.41, 5.74) is 0. The second-order valence-electron chi connectivity index (χ2n) is 9.85. The SMILES string of the molecule is O=C(CCN1CCOCC1)OCCC(F)(F)C(F)(F)CC(F)(F)C(F)(F)C(F)(F)C(F)(F)C(F)(F)CC(F)(F)C(F)(F)C(F)(F)F. The number of morpholine rings is 1. The Balaban J connectivity index is 3.12. The maximum Gasteiger partial charge on any atom is 0.459 e. The van der Waals surface area contributed by atoms with E-state index in [0.29, 0.717) is 13.1 Å². The number of hydrogen-bond acceptors (Lipinski definition) is 4. The van der Waals surface area contributed by atoms with Gasteiger partial charge in [-0.3, -0.25) is 9.69 Å². The van der Waals surface area contributed by atoms with E-state index < -0.39 is 97.7 Å². The third kappa shape index (κ3) is 8.13. The molecule has 0 saturated carbocycles. The maximum absolute atomic E-state index is 13.9. The van der Waals surface area contributed by atoms with Crippen LogP contribution >= 0.6 is 0 Å². The van der Waals surface area contributed by atoms with Crippen LogP contribution in [0.3, 0.4) is 0 Å². The highest BCUT2D eigenvalue weighted by atomic mass is 19.4. The molecule has 274 valence electrons. The van der Waals surface area contributed by atoms with E-state index in [1.165, 1.54) is 0 Å². The second kappa shape index (κ2) is 13.1. The Hall–Kier alpha value is -2.08. The first-order valence-corrected chi connectivity index (χ1v) is 12.1. The van der Waals surface area contributed by atoms with Gasteiger partial charge in [0.25, 0.3) is 0 Å². The van der Waals surface area contributed by atoms with Crippen LogP contribution in [0.2, 0.25) is 0 Å². The minimum Gasteiger partial charge on any atom is -0.465 e. The zero-order valence-corrected chi connectivity index (χ0v) is 22.2. The van der Waals surface area contributed by atoms with Gasteiger partial charge in [0.15, 0.2) is 0 Å². The summed E-state index contributed by atoms with van der Waals surface area (Å²) in [4.78, 5) is 13.2. The molecular formula is C21H20F21NO3. The van der Waals surface area contributed by atoms with Crippen molar-refractivity contribution < 1.29 is 106 Å². The molecule has 4 nitrogen and oxygen atoms in total. The normalized spacial score (nSPS) is 17.8. The molecule has 46 heavy (non-hydrogen) atoms. The maximum atomic E-state index is 13.9. The summed E-state index contributed by atoms with van der Waals surface area (Å²) in [6.45, 7) is -0.745. The van der Waals surface area contributed by atoms with Crippen molar-refractivity contribution in [2.24, 2.45) is 0 Å². The predicted octanol–water partition coefficient (Wildman–Crippen LogP) is 7.70. The van der Waals surface area contributed by atoms with Crippen LogP contribution in [0.1, 0.15) is 25.7 Å². The fraction of sp³-hybridized carbons (Fsp3) is 0.952. The van der Waals surface area contributed by atoms with Gasteiger partial charge in [0.2, 0.25) is 0 Å². The highest BCUT2D eigenvalue weighted by Gasteiger charge is 2.88. The highest BCUT2D eigenvalue weighted by Crippen LogP contribution is 2.62. The van der Waals surface area contributed by atoms with Crippen molar-refractivity contribution in [3.63, 3.8) is 0 Å². The molecule has 0 bridgehead atoms. The van der Waals surface area contributed by atoms with Crippen molar-refractivity contribution in [2.75, 3.05) is 39.5 Å². The highest BCUT2D eigenvalue weighted by molar-refractivity contribution is 5.69. The van der Waals surface area contributed by atoms with Gasteiger partial charge in [-0.25, -0.2) is 0 Å². The molecule has 0 spiro atoms. The van der Waals surface area contributed by atoms with Crippen LogP contribution in [0.25, 0.3) is 0 Å². The zero-order chi connectivity index (χ0) is 36.6. The average Bonchev–Trinajstić information content (AvgIpc) is 2.85. The van der Waals surface area contributed by atoms with Gasteiger partial charge in [-0.15, -0.1) is 0 Å². The van der Waals surface area contributed by atoms with Crippen molar-refractivity contribution in [2.45, 2.75) is 85.2 Å². The first-order chi connectivity index (χ1) is 20.1. The van der Waals surface area contributed by atoms with Gasteiger partial charge in [0, 0.05) is 19.6 Å². The molecule has 1 rings (SSSR count). The Labute approximate surface area is 243 Å². The summed E-state index contributed by atoms with van der Waals surface area (Å²) in [7, 11) is 0. The van der Waals surface area contributed by atoms with Gasteiger partial charge in [0.05, 0.1) is 45.5 Å². The van der Waals surface area contributed by atoms with Crippen LogP contribution in [0.5, 0.6) is 0 Å².